The van der Waals surface area contributed by atoms with Crippen LogP contribution in [-0.4, -0.2) is 23.8 Å². The Kier molecular flexibility index (Phi) is 5.82. The number of hydrogen-bond donors (Lipinski definition) is 3. The molecule has 0 bridgehead atoms. The maximum Gasteiger partial charge on any atom is 0.404 e. The first kappa shape index (κ1) is 12.5. The van der Waals surface area contributed by atoms with E-state index in [2.05, 4.69) is 5.32 Å². The van der Waals surface area contributed by atoms with Crippen molar-refractivity contribution in [2.24, 2.45) is 11.7 Å². The Morgan fingerprint density at radius 2 is 1.92 bits per heavy atom. The Morgan fingerprint density at radius 1 is 1.38 bits per heavy atom. The number of carboxylic acid groups (broad SMARTS) is 1. The average molecular weight is 209 g/mol. The fraction of sp³-hybridized carbons (Fsp3) is 0.875. The van der Waals surface area contributed by atoms with Crippen LogP contribution in [0.3, 0.4) is 0 Å². The van der Waals surface area contributed by atoms with E-state index in [0.717, 1.165) is 25.7 Å². The summed E-state index contributed by atoms with van der Waals surface area (Å²) >= 11 is 0. The van der Waals surface area contributed by atoms with Gasteiger partial charge in [0.05, 0.1) is 0 Å². The minimum Gasteiger partial charge on any atom is -0.465 e. The highest BCUT2D eigenvalue weighted by atomic mass is 35.5. The normalized spacial score (nSPS) is 27.5. The van der Waals surface area contributed by atoms with Gasteiger partial charge in [-0.15, -0.1) is 12.4 Å². The van der Waals surface area contributed by atoms with E-state index in [1.54, 1.807) is 0 Å². The monoisotopic (exact) mass is 208 g/mol. The lowest BCUT2D eigenvalue weighted by atomic mass is 9.86. The van der Waals surface area contributed by atoms with Crippen molar-refractivity contribution in [2.75, 3.05) is 6.54 Å². The number of nitrogens with two attached hydrogens (primary N) is 1. The first-order valence-corrected chi connectivity index (χ1v) is 4.41. The minimum absolute atomic E-state index is 0. The number of carbonyl (C=O) groups is 1. The molecule has 1 amide bonds. The van der Waals surface area contributed by atoms with Crippen LogP contribution in [0, 0.1) is 5.92 Å². The van der Waals surface area contributed by atoms with E-state index >= 15 is 0 Å². The molecule has 0 radical (unpaired) electrons. The maximum absolute atomic E-state index is 10.2. The fourth-order valence-electron chi connectivity index (χ4n) is 1.62. The van der Waals surface area contributed by atoms with Gasteiger partial charge in [0.15, 0.2) is 0 Å². The minimum atomic E-state index is -0.926. The summed E-state index contributed by atoms with van der Waals surface area (Å²) in [5.74, 6) is 0.501. The van der Waals surface area contributed by atoms with Gasteiger partial charge in [0.25, 0.3) is 0 Å². The van der Waals surface area contributed by atoms with E-state index in [-0.39, 0.29) is 12.4 Å². The van der Waals surface area contributed by atoms with Crippen LogP contribution in [0.1, 0.15) is 25.7 Å². The van der Waals surface area contributed by atoms with Crippen molar-refractivity contribution in [1.29, 1.82) is 0 Å². The van der Waals surface area contributed by atoms with E-state index in [1.165, 1.54) is 0 Å². The highest BCUT2D eigenvalue weighted by Gasteiger charge is 2.18. The van der Waals surface area contributed by atoms with E-state index in [4.69, 9.17) is 10.8 Å². The number of nitrogens with one attached hydrogen (secondary N) is 1. The molecule has 4 nitrogen and oxygen atoms in total. The second-order valence-corrected chi connectivity index (χ2v) is 3.47. The van der Waals surface area contributed by atoms with Gasteiger partial charge in [0.1, 0.15) is 0 Å². The van der Waals surface area contributed by atoms with E-state index in [9.17, 15) is 4.79 Å². The Hall–Kier alpha value is -0.480. The van der Waals surface area contributed by atoms with Crippen molar-refractivity contribution in [1.82, 2.24) is 5.32 Å². The van der Waals surface area contributed by atoms with Crippen molar-refractivity contribution in [3.05, 3.63) is 0 Å². The molecular formula is C8H17ClN2O2. The van der Waals surface area contributed by atoms with Crippen LogP contribution < -0.4 is 11.1 Å². The molecular weight excluding hydrogens is 192 g/mol. The first-order valence-electron chi connectivity index (χ1n) is 4.41. The van der Waals surface area contributed by atoms with Gasteiger partial charge in [0.2, 0.25) is 0 Å². The summed E-state index contributed by atoms with van der Waals surface area (Å²) in [6.07, 6.45) is 3.26. The summed E-state index contributed by atoms with van der Waals surface area (Å²) < 4.78 is 0. The van der Waals surface area contributed by atoms with Crippen molar-refractivity contribution in [3.8, 4) is 0 Å². The van der Waals surface area contributed by atoms with Gasteiger partial charge in [-0.05, 0) is 31.6 Å². The van der Waals surface area contributed by atoms with Gasteiger partial charge in [0, 0.05) is 12.6 Å². The molecule has 78 valence electrons. The molecule has 1 saturated carbocycles. The molecule has 5 heteroatoms. The summed E-state index contributed by atoms with van der Waals surface area (Å²) in [7, 11) is 0. The quantitative estimate of drug-likeness (QED) is 0.638. The molecule has 0 aliphatic heterocycles. The second-order valence-electron chi connectivity index (χ2n) is 3.47. The number of halogens is 1. The summed E-state index contributed by atoms with van der Waals surface area (Å²) in [5.41, 5.74) is 5.72. The lowest BCUT2D eigenvalue weighted by Crippen LogP contribution is -2.33. The molecule has 0 saturated heterocycles. The third-order valence-corrected chi connectivity index (χ3v) is 2.43. The van der Waals surface area contributed by atoms with Gasteiger partial charge in [-0.3, -0.25) is 0 Å². The summed E-state index contributed by atoms with van der Waals surface area (Å²) in [4.78, 5) is 10.2. The lowest BCUT2D eigenvalue weighted by Gasteiger charge is -2.25. The number of amides is 1. The molecule has 0 unspecified atom stereocenters. The zero-order valence-corrected chi connectivity index (χ0v) is 8.35. The molecule has 0 spiro atoms. The summed E-state index contributed by atoms with van der Waals surface area (Å²) in [5, 5.41) is 10.8. The summed E-state index contributed by atoms with van der Waals surface area (Å²) in [6, 6.07) is 0.339. The number of hydrogen-bond acceptors (Lipinski definition) is 2. The largest absolute Gasteiger partial charge is 0.465 e. The first-order chi connectivity index (χ1) is 5.68. The predicted molar refractivity (Wildman–Crippen MR) is 53.2 cm³/mol. The molecule has 1 rings (SSSR count). The van der Waals surface area contributed by atoms with Crippen LogP contribution in [0.15, 0.2) is 0 Å². The number of rotatable bonds is 2. The van der Waals surface area contributed by atoms with Crippen molar-refractivity contribution < 1.29 is 9.90 Å². The Labute approximate surface area is 84.3 Å². The van der Waals surface area contributed by atoms with Crippen LogP contribution in [0.4, 0.5) is 4.79 Å². The van der Waals surface area contributed by atoms with Gasteiger partial charge in [-0.1, -0.05) is 0 Å². The van der Waals surface area contributed by atoms with Gasteiger partial charge >= 0.3 is 6.09 Å². The maximum atomic E-state index is 10.2. The zero-order valence-electron chi connectivity index (χ0n) is 7.53. The highest BCUT2D eigenvalue weighted by Crippen LogP contribution is 2.22. The molecule has 1 fully saturated rings. The molecule has 0 aromatic heterocycles. The molecule has 1 aliphatic rings. The smallest absolute Gasteiger partial charge is 0.404 e. The molecule has 13 heavy (non-hydrogen) atoms. The topological polar surface area (TPSA) is 75.3 Å². The zero-order chi connectivity index (χ0) is 8.97. The Bertz CT molecular complexity index is 158. The third kappa shape index (κ3) is 4.95. The van der Waals surface area contributed by atoms with Crippen molar-refractivity contribution >= 4 is 18.5 Å². The highest BCUT2D eigenvalue weighted by molar-refractivity contribution is 5.85. The van der Waals surface area contributed by atoms with Crippen LogP contribution in [-0.2, 0) is 0 Å². The predicted octanol–water partition coefficient (Wildman–Crippen LogP) is 1.19. The standard InChI is InChI=1S/C8H16N2O2.ClH/c9-7-3-1-6(2-4-7)5-10-8(11)12;/h6-7,10H,1-5,9H2,(H,11,12);1H/t6-,7-;. The third-order valence-electron chi connectivity index (χ3n) is 2.43. The van der Waals surface area contributed by atoms with Crippen LogP contribution in [0.2, 0.25) is 0 Å². The van der Waals surface area contributed by atoms with Crippen LogP contribution >= 0.6 is 12.4 Å². The van der Waals surface area contributed by atoms with Crippen molar-refractivity contribution in [3.63, 3.8) is 0 Å². The Morgan fingerprint density at radius 3 is 2.38 bits per heavy atom. The molecule has 0 aromatic rings. The van der Waals surface area contributed by atoms with Crippen LogP contribution in [0.5, 0.6) is 0 Å². The van der Waals surface area contributed by atoms with Crippen molar-refractivity contribution in [2.45, 2.75) is 31.7 Å². The Balaban J connectivity index is 0.00000144. The molecule has 0 aromatic carbocycles. The second kappa shape index (κ2) is 6.05. The fourth-order valence-corrected chi connectivity index (χ4v) is 1.62. The molecule has 1 aliphatic carbocycles. The van der Waals surface area contributed by atoms with Gasteiger partial charge in [-0.2, -0.15) is 0 Å². The van der Waals surface area contributed by atoms with Crippen LogP contribution in [0.25, 0.3) is 0 Å². The van der Waals surface area contributed by atoms with E-state index in [0.29, 0.717) is 18.5 Å². The van der Waals surface area contributed by atoms with E-state index < -0.39 is 6.09 Å². The lowest BCUT2D eigenvalue weighted by molar-refractivity contribution is 0.190. The molecule has 0 heterocycles. The average Bonchev–Trinajstić information content (AvgIpc) is 2.03. The SMILES string of the molecule is Cl.N[C@H]1CC[C@H](CNC(=O)O)CC1. The molecule has 0 atom stereocenters. The van der Waals surface area contributed by atoms with Gasteiger partial charge < -0.3 is 16.2 Å². The van der Waals surface area contributed by atoms with Gasteiger partial charge in [-0.25, -0.2) is 4.79 Å². The molecule has 4 N–H and O–H groups in total. The van der Waals surface area contributed by atoms with E-state index in [1.807, 2.05) is 0 Å². The summed E-state index contributed by atoms with van der Waals surface area (Å²) in [6.45, 7) is 0.585.